The van der Waals surface area contributed by atoms with Gasteiger partial charge in [-0.1, -0.05) is 425 Å². The highest BCUT2D eigenvalue weighted by Crippen LogP contribution is 2.58. The fourth-order valence-corrected chi connectivity index (χ4v) is 21.9. The van der Waals surface area contributed by atoms with E-state index in [1.165, 1.54) is 200 Å². The largest absolute Gasteiger partial charge is 0.310 e. The smallest absolute Gasteiger partial charge is 0.0465 e. The first kappa shape index (κ1) is 82.4. The molecule has 0 heterocycles. The molecule has 2 nitrogen and oxygen atoms in total. The fraction of sp³-hybridized carbons (Fsp3) is 0.0909. The summed E-state index contributed by atoms with van der Waals surface area (Å²) in [6, 6.07) is 175. The van der Waals surface area contributed by atoms with Crippen molar-refractivity contribution in [1.82, 2.24) is 0 Å². The number of anilines is 6. The Kier molecular flexibility index (Phi) is 20.4. The van der Waals surface area contributed by atoms with E-state index >= 15 is 0 Å². The molecule has 0 bridgehead atoms. The first-order chi connectivity index (χ1) is 65.4. The molecule has 0 fully saturated rings. The molecule has 0 aliphatic heterocycles. The third kappa shape index (κ3) is 14.6. The van der Waals surface area contributed by atoms with Crippen LogP contribution in [0, 0.1) is 0 Å². The van der Waals surface area contributed by atoms with Gasteiger partial charge in [-0.05, 0) is 303 Å². The van der Waals surface area contributed by atoms with E-state index in [1.54, 1.807) is 0 Å². The molecule has 4 aliphatic rings. The minimum atomic E-state index is -0.210. The average Bonchev–Trinajstić information content (AvgIpc) is 1.57. The van der Waals surface area contributed by atoms with Gasteiger partial charge in [-0.15, -0.1) is 0 Å². The Labute approximate surface area is 788 Å². The van der Waals surface area contributed by atoms with E-state index in [1.807, 2.05) is 0 Å². The van der Waals surface area contributed by atoms with Crippen molar-refractivity contribution in [2.75, 3.05) is 9.80 Å². The topological polar surface area (TPSA) is 6.48 Å². The summed E-state index contributed by atoms with van der Waals surface area (Å²) < 4.78 is 0. The zero-order valence-corrected chi connectivity index (χ0v) is 76.9. The Hall–Kier alpha value is -16.0. The lowest BCUT2D eigenvalue weighted by Crippen LogP contribution is -2.18. The van der Waals surface area contributed by atoms with Gasteiger partial charge in [0.15, 0.2) is 0 Å². The highest BCUT2D eigenvalue weighted by molar-refractivity contribution is 5.95. The van der Waals surface area contributed by atoms with Crippen LogP contribution >= 0.6 is 0 Å². The molecule has 134 heavy (non-hydrogen) atoms. The highest BCUT2D eigenvalue weighted by Gasteiger charge is 2.42. The van der Waals surface area contributed by atoms with Crippen molar-refractivity contribution in [3.63, 3.8) is 0 Å². The molecule has 0 aromatic heterocycles. The molecule has 0 saturated heterocycles. The number of hydrogen-bond donors (Lipinski definition) is 0. The predicted molar refractivity (Wildman–Crippen MR) is 567 cm³/mol. The van der Waals surface area contributed by atoms with Crippen molar-refractivity contribution in [2.24, 2.45) is 0 Å². The molecule has 0 radical (unpaired) electrons. The Morgan fingerprint density at radius 1 is 0.112 bits per heavy atom. The van der Waals surface area contributed by atoms with Crippen LogP contribution in [0.5, 0.6) is 0 Å². The van der Waals surface area contributed by atoms with Crippen LogP contribution in [0.15, 0.2) is 473 Å². The molecular weight excluding hydrogens is 1610 g/mol. The van der Waals surface area contributed by atoms with E-state index in [0.29, 0.717) is 0 Å². The molecule has 20 aromatic carbocycles. The van der Waals surface area contributed by atoms with Crippen molar-refractivity contribution in [3.8, 4) is 156 Å². The third-order valence-corrected chi connectivity index (χ3v) is 29.4. The lowest BCUT2D eigenvalue weighted by Gasteiger charge is -2.30. The van der Waals surface area contributed by atoms with Crippen molar-refractivity contribution >= 4 is 34.1 Å². The molecule has 0 saturated carbocycles. The van der Waals surface area contributed by atoms with Crippen molar-refractivity contribution < 1.29 is 0 Å². The van der Waals surface area contributed by atoms with Crippen LogP contribution in [0.25, 0.3) is 156 Å². The molecular formula is C132H102N2. The van der Waals surface area contributed by atoms with Crippen LogP contribution in [0.2, 0.25) is 0 Å². The van der Waals surface area contributed by atoms with E-state index in [0.717, 1.165) is 34.1 Å². The first-order valence-corrected chi connectivity index (χ1v) is 47.1. The maximum absolute atomic E-state index is 2.47. The molecule has 0 unspecified atom stereocenters. The van der Waals surface area contributed by atoms with E-state index in [4.69, 9.17) is 0 Å². The summed E-state index contributed by atoms with van der Waals surface area (Å²) in [6.07, 6.45) is 0. The fourth-order valence-electron chi connectivity index (χ4n) is 21.9. The lowest BCUT2D eigenvalue weighted by atomic mass is 9.81. The molecule has 4 aliphatic carbocycles. The van der Waals surface area contributed by atoms with Gasteiger partial charge >= 0.3 is 0 Å². The predicted octanol–water partition coefficient (Wildman–Crippen LogP) is 36.2. The molecule has 0 spiro atoms. The first-order valence-electron chi connectivity index (χ1n) is 47.1. The molecule has 0 amide bonds. The summed E-state index contributed by atoms with van der Waals surface area (Å²) in [5, 5.41) is 0. The van der Waals surface area contributed by atoms with E-state index < -0.39 is 0 Å². The monoisotopic (exact) mass is 1710 g/mol. The minimum Gasteiger partial charge on any atom is -0.310 e. The average molecular weight is 1720 g/mol. The van der Waals surface area contributed by atoms with Crippen molar-refractivity contribution in [1.29, 1.82) is 0 Å². The summed E-state index contributed by atoms with van der Waals surface area (Å²) in [5.41, 5.74) is 52.0. The molecule has 0 N–H and O–H groups in total. The quantitative estimate of drug-likeness (QED) is 0.0951. The van der Waals surface area contributed by atoms with Crippen molar-refractivity contribution in [2.45, 2.75) is 77.0 Å². The standard InChI is InChI=1S/2C66H51N/c1-65(2)61-40-52(46-19-12-7-13-20-46)29-35-57(61)59-37-33-55(42-63(59)65)67(54-31-27-49(28-32-54)51-22-14-21-50(39-51)45-17-10-6-11-18-45)56-34-38-60-58-36-30-53(41-62(58)66(3,4)64(60)43-56)48-25-23-47(24-26-48)44-15-8-5-9-16-44;1-65(2)61-40-52(46-18-12-7-13-19-46)30-36-57(61)59-38-34-55(42-63(59)65)67(54-32-28-50(29-33-54)49-22-20-47(21-23-49)44-14-8-5-9-15-44)56-35-39-60-58-37-31-53(41-62(58)66(3,4)64(60)43-56)51-26-24-48(25-27-51)45-16-10-6-11-17-45/h2*5-43H,1-4H3. The van der Waals surface area contributed by atoms with E-state index in [9.17, 15) is 0 Å². The van der Waals surface area contributed by atoms with Gasteiger partial charge in [0.25, 0.3) is 0 Å². The second-order valence-electron chi connectivity index (χ2n) is 38.7. The summed E-state index contributed by atoms with van der Waals surface area (Å²) in [5.74, 6) is 0. The number of nitrogens with zero attached hydrogens (tertiary/aromatic N) is 2. The molecule has 0 atom stereocenters. The van der Waals surface area contributed by atoms with Crippen LogP contribution in [0.4, 0.5) is 34.1 Å². The van der Waals surface area contributed by atoms with Gasteiger partial charge < -0.3 is 9.80 Å². The molecule has 24 rings (SSSR count). The van der Waals surface area contributed by atoms with Crippen molar-refractivity contribution in [3.05, 3.63) is 518 Å². The Bertz CT molecular complexity index is 7870. The Balaban J connectivity index is 0.000000151. The van der Waals surface area contributed by atoms with Crippen LogP contribution in [-0.2, 0) is 21.7 Å². The summed E-state index contributed by atoms with van der Waals surface area (Å²) in [7, 11) is 0. The van der Waals surface area contributed by atoms with E-state index in [-0.39, 0.29) is 21.7 Å². The number of benzene rings is 20. The van der Waals surface area contributed by atoms with Gasteiger partial charge in [0.2, 0.25) is 0 Å². The van der Waals surface area contributed by atoms with Gasteiger partial charge in [-0.2, -0.15) is 0 Å². The number of rotatable bonds is 16. The van der Waals surface area contributed by atoms with Gasteiger partial charge in [0, 0.05) is 55.8 Å². The van der Waals surface area contributed by atoms with Gasteiger partial charge in [-0.3, -0.25) is 0 Å². The van der Waals surface area contributed by atoms with Crippen LogP contribution < -0.4 is 9.80 Å². The molecule has 2 heteroatoms. The second kappa shape index (κ2) is 33.1. The summed E-state index contributed by atoms with van der Waals surface area (Å²) >= 11 is 0. The van der Waals surface area contributed by atoms with Gasteiger partial charge in [-0.25, -0.2) is 0 Å². The second-order valence-corrected chi connectivity index (χ2v) is 38.7. The zero-order chi connectivity index (χ0) is 90.6. The zero-order valence-electron chi connectivity index (χ0n) is 76.9. The van der Waals surface area contributed by atoms with E-state index in [2.05, 4.69) is 538 Å². The van der Waals surface area contributed by atoms with Gasteiger partial charge in [0.1, 0.15) is 0 Å². The van der Waals surface area contributed by atoms with Crippen LogP contribution in [0.1, 0.15) is 99.9 Å². The Morgan fingerprint density at radius 3 is 0.455 bits per heavy atom. The molecule has 20 aromatic rings. The number of hydrogen-bond acceptors (Lipinski definition) is 2. The summed E-state index contributed by atoms with van der Waals surface area (Å²) in [4.78, 5) is 4.94. The molecule has 640 valence electrons. The Morgan fingerprint density at radius 2 is 0.246 bits per heavy atom. The normalized spacial score (nSPS) is 13.6. The third-order valence-electron chi connectivity index (χ3n) is 29.4. The maximum atomic E-state index is 2.47. The van der Waals surface area contributed by atoms with Crippen LogP contribution in [0.3, 0.4) is 0 Å². The van der Waals surface area contributed by atoms with Gasteiger partial charge in [0.05, 0.1) is 0 Å². The highest BCUT2D eigenvalue weighted by atomic mass is 15.1. The maximum Gasteiger partial charge on any atom is 0.0465 e. The minimum absolute atomic E-state index is 0.186. The SMILES string of the molecule is CC1(C)c2cc(-c3ccccc3)ccc2-c2ccc(N(c3ccc(-c4ccc(-c5ccccc5)cc4)cc3)c3ccc4c(c3)C(C)(C)c3cc(-c5ccc(-c6ccccc6)cc5)ccc3-4)cc21.CC1(C)c2cc(-c3ccccc3)ccc2-c2ccc(N(c3ccc(-c4cccc(-c5ccccc5)c4)cc3)c3ccc4c(c3)C(C)(C)c3cc(-c5ccc(-c6ccccc6)cc5)ccc3-4)cc21. The lowest BCUT2D eigenvalue weighted by molar-refractivity contribution is 0.660. The summed E-state index contributed by atoms with van der Waals surface area (Å²) in [6.45, 7) is 19.1. The van der Waals surface area contributed by atoms with Crippen LogP contribution in [-0.4, -0.2) is 0 Å². The number of fused-ring (bicyclic) bond motifs is 12.